The van der Waals surface area contributed by atoms with Gasteiger partial charge in [0.15, 0.2) is 0 Å². The van der Waals surface area contributed by atoms with Crippen molar-refractivity contribution in [2.45, 2.75) is 13.3 Å². The second-order valence-corrected chi connectivity index (χ2v) is 3.26. The normalized spacial score (nSPS) is 10.1. The molecule has 4 heteroatoms. The van der Waals surface area contributed by atoms with Crippen LogP contribution in [0.2, 0.25) is 0 Å². The minimum absolute atomic E-state index is 0.195. The molecule has 0 saturated carbocycles. The average molecular weight is 223 g/mol. The van der Waals surface area contributed by atoms with Crippen LogP contribution in [0.3, 0.4) is 0 Å². The van der Waals surface area contributed by atoms with Gasteiger partial charge in [0, 0.05) is 12.2 Å². The first kappa shape index (κ1) is 12.5. The van der Waals surface area contributed by atoms with Gasteiger partial charge in [-0.25, -0.2) is 0 Å². The predicted octanol–water partition coefficient (Wildman–Crippen LogP) is 0.638. The molecule has 0 N–H and O–H groups in total. The fourth-order valence-corrected chi connectivity index (χ4v) is 1.43. The van der Waals surface area contributed by atoms with Crippen LogP contribution >= 0.6 is 0 Å². The lowest BCUT2D eigenvalue weighted by Crippen LogP contribution is -2.24. The van der Waals surface area contributed by atoms with Crippen molar-refractivity contribution in [1.29, 1.82) is 0 Å². The standard InChI is InChI=1S/C12H16O4/c1-3-16-7-6-9-8-10(15-2)4-5-11(9)12(13)14/h4-5,8H,3,6-7H2,1-2H3,(H,13,14)/p-1. The van der Waals surface area contributed by atoms with E-state index in [-0.39, 0.29) is 5.56 Å². The number of benzene rings is 1. The van der Waals surface area contributed by atoms with Gasteiger partial charge in [0.25, 0.3) is 0 Å². The second kappa shape index (κ2) is 6.12. The Bertz CT molecular complexity index is 360. The van der Waals surface area contributed by atoms with E-state index in [9.17, 15) is 9.90 Å². The molecule has 1 aromatic carbocycles. The Morgan fingerprint density at radius 3 is 2.75 bits per heavy atom. The summed E-state index contributed by atoms with van der Waals surface area (Å²) in [5.74, 6) is -0.536. The smallest absolute Gasteiger partial charge is 0.119 e. The molecule has 16 heavy (non-hydrogen) atoms. The fourth-order valence-electron chi connectivity index (χ4n) is 1.43. The number of rotatable bonds is 6. The lowest BCUT2D eigenvalue weighted by Gasteiger charge is -2.12. The van der Waals surface area contributed by atoms with Crippen LogP contribution in [0.4, 0.5) is 0 Å². The summed E-state index contributed by atoms with van der Waals surface area (Å²) in [6, 6.07) is 4.80. The van der Waals surface area contributed by atoms with Crippen LogP contribution in [-0.2, 0) is 11.2 Å². The number of carboxylic acid groups (broad SMARTS) is 1. The highest BCUT2D eigenvalue weighted by Gasteiger charge is 2.05. The van der Waals surface area contributed by atoms with E-state index in [0.717, 1.165) is 0 Å². The van der Waals surface area contributed by atoms with Crippen molar-refractivity contribution < 1.29 is 19.4 Å². The first-order chi connectivity index (χ1) is 7.69. The molecule has 0 aliphatic rings. The molecule has 0 atom stereocenters. The van der Waals surface area contributed by atoms with E-state index in [1.165, 1.54) is 6.07 Å². The van der Waals surface area contributed by atoms with Crippen LogP contribution in [0.5, 0.6) is 5.75 Å². The summed E-state index contributed by atoms with van der Waals surface area (Å²) in [5.41, 5.74) is 0.869. The quantitative estimate of drug-likeness (QED) is 0.664. The molecular weight excluding hydrogens is 208 g/mol. The van der Waals surface area contributed by atoms with Gasteiger partial charge < -0.3 is 19.4 Å². The summed E-state index contributed by atoms with van der Waals surface area (Å²) in [6.45, 7) is 3.00. The monoisotopic (exact) mass is 223 g/mol. The molecule has 0 unspecified atom stereocenters. The first-order valence-electron chi connectivity index (χ1n) is 5.15. The average Bonchev–Trinajstić information content (AvgIpc) is 2.29. The van der Waals surface area contributed by atoms with Gasteiger partial charge in [-0.05, 0) is 37.1 Å². The lowest BCUT2D eigenvalue weighted by molar-refractivity contribution is -0.255. The third-order valence-corrected chi connectivity index (χ3v) is 2.25. The lowest BCUT2D eigenvalue weighted by atomic mass is 10.0. The van der Waals surface area contributed by atoms with Crippen LogP contribution in [0.1, 0.15) is 22.8 Å². The number of methoxy groups -OCH3 is 1. The molecule has 88 valence electrons. The molecule has 4 nitrogen and oxygen atoms in total. The van der Waals surface area contributed by atoms with Gasteiger partial charge in [0.1, 0.15) is 5.75 Å². The second-order valence-electron chi connectivity index (χ2n) is 3.26. The Morgan fingerprint density at radius 1 is 1.44 bits per heavy atom. The predicted molar refractivity (Wildman–Crippen MR) is 57.5 cm³/mol. The molecule has 0 spiro atoms. The number of ether oxygens (including phenoxy) is 2. The minimum atomic E-state index is -1.17. The van der Waals surface area contributed by atoms with Crippen molar-refractivity contribution in [1.82, 2.24) is 0 Å². The number of carbonyl (C=O) groups is 1. The Hall–Kier alpha value is -1.55. The highest BCUT2D eigenvalue weighted by atomic mass is 16.5. The van der Waals surface area contributed by atoms with E-state index in [2.05, 4.69) is 0 Å². The van der Waals surface area contributed by atoms with Crippen LogP contribution in [-0.4, -0.2) is 26.3 Å². The van der Waals surface area contributed by atoms with Crippen LogP contribution in [0.15, 0.2) is 18.2 Å². The van der Waals surface area contributed by atoms with Gasteiger partial charge >= 0.3 is 0 Å². The molecule has 1 aromatic rings. The van der Waals surface area contributed by atoms with Crippen LogP contribution < -0.4 is 9.84 Å². The number of carboxylic acids is 1. The summed E-state index contributed by atoms with van der Waals surface area (Å²) in [6.07, 6.45) is 0.536. The molecule has 0 heterocycles. The zero-order valence-electron chi connectivity index (χ0n) is 9.49. The van der Waals surface area contributed by atoms with Gasteiger partial charge in [-0.1, -0.05) is 0 Å². The van der Waals surface area contributed by atoms with Gasteiger partial charge in [0.2, 0.25) is 0 Å². The van der Waals surface area contributed by atoms with E-state index in [1.54, 1.807) is 19.2 Å². The Kier molecular flexibility index (Phi) is 4.79. The summed E-state index contributed by atoms with van der Waals surface area (Å²) < 4.78 is 10.2. The molecule has 0 aromatic heterocycles. The summed E-state index contributed by atoms with van der Waals surface area (Å²) >= 11 is 0. The molecule has 0 amide bonds. The fraction of sp³-hybridized carbons (Fsp3) is 0.417. The van der Waals surface area contributed by atoms with Gasteiger partial charge in [-0.3, -0.25) is 0 Å². The van der Waals surface area contributed by atoms with E-state index >= 15 is 0 Å². The zero-order valence-corrected chi connectivity index (χ0v) is 9.49. The highest BCUT2D eigenvalue weighted by Crippen LogP contribution is 2.17. The SMILES string of the molecule is CCOCCc1cc(OC)ccc1C(=O)[O-]. The van der Waals surface area contributed by atoms with E-state index in [0.29, 0.717) is 30.9 Å². The highest BCUT2D eigenvalue weighted by molar-refractivity contribution is 5.87. The third kappa shape index (κ3) is 3.24. The Morgan fingerprint density at radius 2 is 2.19 bits per heavy atom. The number of hydrogen-bond acceptors (Lipinski definition) is 4. The molecule has 0 fully saturated rings. The molecule has 1 rings (SSSR count). The van der Waals surface area contributed by atoms with Crippen molar-refractivity contribution in [3.05, 3.63) is 29.3 Å². The van der Waals surface area contributed by atoms with Crippen LogP contribution in [0, 0.1) is 0 Å². The summed E-state index contributed by atoms with van der Waals surface area (Å²) in [7, 11) is 1.54. The zero-order chi connectivity index (χ0) is 12.0. The van der Waals surface area contributed by atoms with Gasteiger partial charge in [-0.2, -0.15) is 0 Å². The number of hydrogen-bond donors (Lipinski definition) is 0. The van der Waals surface area contributed by atoms with E-state index in [1.807, 2.05) is 6.92 Å². The Labute approximate surface area is 94.8 Å². The molecular formula is C12H15O4-. The van der Waals surface area contributed by atoms with Gasteiger partial charge in [-0.15, -0.1) is 0 Å². The van der Waals surface area contributed by atoms with Gasteiger partial charge in [0.05, 0.1) is 19.7 Å². The number of carbonyl (C=O) groups excluding carboxylic acids is 1. The summed E-state index contributed by atoms with van der Waals surface area (Å²) in [4.78, 5) is 10.9. The largest absolute Gasteiger partial charge is 0.545 e. The van der Waals surface area contributed by atoms with E-state index in [4.69, 9.17) is 9.47 Å². The molecule has 0 aliphatic heterocycles. The van der Waals surface area contributed by atoms with Crippen molar-refractivity contribution >= 4 is 5.97 Å². The van der Waals surface area contributed by atoms with Crippen LogP contribution in [0.25, 0.3) is 0 Å². The Balaban J connectivity index is 2.87. The van der Waals surface area contributed by atoms with Crippen molar-refractivity contribution in [2.75, 3.05) is 20.3 Å². The molecule has 0 bridgehead atoms. The van der Waals surface area contributed by atoms with E-state index < -0.39 is 5.97 Å². The number of aromatic carboxylic acids is 1. The van der Waals surface area contributed by atoms with Crippen molar-refractivity contribution in [3.63, 3.8) is 0 Å². The topological polar surface area (TPSA) is 58.6 Å². The molecule has 0 saturated heterocycles. The van der Waals surface area contributed by atoms with Crippen molar-refractivity contribution in [2.24, 2.45) is 0 Å². The molecule has 0 aliphatic carbocycles. The first-order valence-corrected chi connectivity index (χ1v) is 5.15. The maximum Gasteiger partial charge on any atom is 0.119 e. The maximum absolute atomic E-state index is 10.9. The minimum Gasteiger partial charge on any atom is -0.545 e. The van der Waals surface area contributed by atoms with Crippen molar-refractivity contribution in [3.8, 4) is 5.75 Å². The third-order valence-electron chi connectivity index (χ3n) is 2.25. The summed E-state index contributed by atoms with van der Waals surface area (Å²) in [5, 5.41) is 10.9. The maximum atomic E-state index is 10.9. The molecule has 0 radical (unpaired) electrons.